The molecule has 0 aliphatic carbocycles. The third-order valence-electron chi connectivity index (χ3n) is 8.05. The van der Waals surface area contributed by atoms with Crippen molar-refractivity contribution in [2.45, 2.75) is 32.1 Å². The van der Waals surface area contributed by atoms with E-state index < -0.39 is 29.9 Å². The van der Waals surface area contributed by atoms with Crippen molar-refractivity contribution in [3.8, 4) is 11.5 Å². The molecule has 4 aromatic carbocycles. The first-order valence-corrected chi connectivity index (χ1v) is 15.7. The number of hydrogen-bond donors (Lipinski definition) is 3. The number of halogens is 1. The van der Waals surface area contributed by atoms with E-state index in [1.165, 1.54) is 12.0 Å². The van der Waals surface area contributed by atoms with Crippen LogP contribution in [-0.4, -0.2) is 63.6 Å². The highest BCUT2D eigenvalue weighted by Gasteiger charge is 2.36. The van der Waals surface area contributed by atoms with Gasteiger partial charge in [-0.3, -0.25) is 14.4 Å². The maximum Gasteiger partial charge on any atom is 0.337 e. The van der Waals surface area contributed by atoms with E-state index in [1.54, 1.807) is 63.5 Å². The molecule has 1 aliphatic heterocycles. The normalized spacial score (nSPS) is 14.8. The minimum Gasteiger partial charge on any atom is -0.496 e. The Morgan fingerprint density at radius 3 is 2.51 bits per heavy atom. The van der Waals surface area contributed by atoms with Crippen molar-refractivity contribution in [2.75, 3.05) is 32.8 Å². The minimum absolute atomic E-state index is 0.0723. The van der Waals surface area contributed by atoms with Crippen LogP contribution in [0.25, 0.3) is 10.8 Å². The predicted molar refractivity (Wildman–Crippen MR) is 181 cm³/mol. The number of para-hydroxylation sites is 1. The first-order valence-electron chi connectivity index (χ1n) is 14.9. The van der Waals surface area contributed by atoms with Crippen LogP contribution in [0.1, 0.15) is 38.8 Å². The fourth-order valence-corrected chi connectivity index (χ4v) is 5.70. The molecule has 0 fully saturated rings. The van der Waals surface area contributed by atoms with Crippen molar-refractivity contribution in [3.63, 3.8) is 0 Å². The number of carbonyl (C=O) groups excluding carboxylic acids is 4. The van der Waals surface area contributed by atoms with E-state index in [9.17, 15) is 19.2 Å². The van der Waals surface area contributed by atoms with E-state index in [0.29, 0.717) is 17.0 Å². The topological polar surface area (TPSA) is 135 Å². The van der Waals surface area contributed by atoms with Crippen LogP contribution in [0.5, 0.6) is 11.5 Å². The molecule has 3 amide bonds. The SMILES string of the molecule is CNC(C)C(=O)NC1COc2c(C(=O)NCc3ccc(C(=O)OC)cc3)cccc2N(Cc2c(OC)ccc3cc(Br)ccc23)C1=O. The second kappa shape index (κ2) is 14.7. The van der Waals surface area contributed by atoms with Gasteiger partial charge in [0.1, 0.15) is 18.4 Å². The highest BCUT2D eigenvalue weighted by atomic mass is 79.9. The Bertz CT molecular complexity index is 1830. The Labute approximate surface area is 280 Å². The molecule has 1 heterocycles. The van der Waals surface area contributed by atoms with E-state index in [-0.39, 0.29) is 36.9 Å². The molecule has 2 atom stereocenters. The summed E-state index contributed by atoms with van der Waals surface area (Å²) in [6.45, 7) is 1.75. The summed E-state index contributed by atoms with van der Waals surface area (Å²) in [7, 11) is 4.53. The molecule has 12 heteroatoms. The average molecular weight is 704 g/mol. The Morgan fingerprint density at radius 2 is 1.81 bits per heavy atom. The maximum atomic E-state index is 14.3. The molecule has 2 unspecified atom stereocenters. The van der Waals surface area contributed by atoms with E-state index in [1.807, 2.05) is 30.3 Å². The predicted octanol–water partition coefficient (Wildman–Crippen LogP) is 4.35. The lowest BCUT2D eigenvalue weighted by molar-refractivity contribution is -0.129. The van der Waals surface area contributed by atoms with Gasteiger partial charge in [0, 0.05) is 16.6 Å². The van der Waals surface area contributed by atoms with Crippen LogP contribution in [0.15, 0.2) is 77.3 Å². The molecule has 5 rings (SSSR count). The van der Waals surface area contributed by atoms with Crippen molar-refractivity contribution in [3.05, 3.63) is 99.5 Å². The molecule has 0 saturated heterocycles. The van der Waals surface area contributed by atoms with Crippen LogP contribution in [0.2, 0.25) is 0 Å². The van der Waals surface area contributed by atoms with Crippen LogP contribution in [0, 0.1) is 0 Å². The van der Waals surface area contributed by atoms with E-state index in [0.717, 1.165) is 26.4 Å². The largest absolute Gasteiger partial charge is 0.496 e. The summed E-state index contributed by atoms with van der Waals surface area (Å²) in [4.78, 5) is 54.1. The summed E-state index contributed by atoms with van der Waals surface area (Å²) in [5.41, 5.74) is 2.50. The highest BCUT2D eigenvalue weighted by molar-refractivity contribution is 9.10. The molecule has 244 valence electrons. The summed E-state index contributed by atoms with van der Waals surface area (Å²) in [5.74, 6) is -0.863. The third kappa shape index (κ3) is 7.23. The van der Waals surface area contributed by atoms with E-state index in [2.05, 4.69) is 31.9 Å². The zero-order valence-corrected chi connectivity index (χ0v) is 28.0. The summed E-state index contributed by atoms with van der Waals surface area (Å²) >= 11 is 3.53. The van der Waals surface area contributed by atoms with Crippen LogP contribution in [0.3, 0.4) is 0 Å². The number of nitrogens with zero attached hydrogens (tertiary/aromatic N) is 1. The number of carbonyl (C=O) groups is 4. The zero-order chi connectivity index (χ0) is 33.7. The monoisotopic (exact) mass is 702 g/mol. The Balaban J connectivity index is 1.51. The number of methoxy groups -OCH3 is 2. The lowest BCUT2D eigenvalue weighted by Gasteiger charge is -2.27. The number of fused-ring (bicyclic) bond motifs is 2. The molecule has 4 aromatic rings. The molecule has 11 nitrogen and oxygen atoms in total. The van der Waals surface area contributed by atoms with Crippen LogP contribution < -0.4 is 30.3 Å². The minimum atomic E-state index is -1.04. The molecule has 0 spiro atoms. The van der Waals surface area contributed by atoms with Gasteiger partial charge in [-0.15, -0.1) is 0 Å². The van der Waals surface area contributed by atoms with E-state index >= 15 is 0 Å². The number of likely N-dealkylation sites (N-methyl/N-ethyl adjacent to an activating group) is 1. The molecule has 1 aliphatic rings. The van der Waals surface area contributed by atoms with Crippen LogP contribution in [-0.2, 0) is 27.4 Å². The number of esters is 1. The molecule has 0 bridgehead atoms. The number of amides is 3. The van der Waals surface area contributed by atoms with Crippen molar-refractivity contribution >= 4 is 56.1 Å². The van der Waals surface area contributed by atoms with Gasteiger partial charge in [0.05, 0.1) is 43.6 Å². The number of benzene rings is 4. The quantitative estimate of drug-likeness (QED) is 0.208. The summed E-state index contributed by atoms with van der Waals surface area (Å²) in [6, 6.07) is 19.8. The summed E-state index contributed by atoms with van der Waals surface area (Å²) in [5, 5.41) is 10.4. The third-order valence-corrected chi connectivity index (χ3v) is 8.54. The molecular weight excluding hydrogens is 668 g/mol. The molecule has 3 N–H and O–H groups in total. The standard InChI is InChI=1S/C35H35BrN4O7/c1-20(37-2)32(41)39-28-19-47-31-26(33(42)38-17-21-8-10-22(11-9-21)35(44)46-4)6-5-7-29(31)40(34(28)43)18-27-25-14-13-24(36)16-23(25)12-15-30(27)45-3/h5-16,20,28,37H,17-19H2,1-4H3,(H,38,42)(H,39,41). The van der Waals surface area contributed by atoms with Crippen LogP contribution in [0.4, 0.5) is 5.69 Å². The maximum absolute atomic E-state index is 14.3. The van der Waals surface area contributed by atoms with Gasteiger partial charge in [-0.05, 0) is 72.8 Å². The van der Waals surface area contributed by atoms with Gasteiger partial charge < -0.3 is 35.1 Å². The fourth-order valence-electron chi connectivity index (χ4n) is 5.32. The number of rotatable bonds is 10. The first kappa shape index (κ1) is 33.4. The number of anilines is 1. The number of nitrogens with one attached hydrogen (secondary N) is 3. The Morgan fingerprint density at radius 1 is 1.04 bits per heavy atom. The molecule has 47 heavy (non-hydrogen) atoms. The summed E-state index contributed by atoms with van der Waals surface area (Å²) < 4.78 is 17.6. The first-order chi connectivity index (χ1) is 22.6. The smallest absolute Gasteiger partial charge is 0.337 e. The number of hydrogen-bond acceptors (Lipinski definition) is 8. The van der Waals surface area contributed by atoms with Gasteiger partial charge in [-0.2, -0.15) is 0 Å². The van der Waals surface area contributed by atoms with Crippen molar-refractivity contribution in [2.24, 2.45) is 0 Å². The van der Waals surface area contributed by atoms with Crippen molar-refractivity contribution in [1.29, 1.82) is 0 Å². The summed E-state index contributed by atoms with van der Waals surface area (Å²) in [6.07, 6.45) is 0. The Hall–Kier alpha value is -4.94. The lowest BCUT2D eigenvalue weighted by atomic mass is 10.0. The second-order valence-corrected chi connectivity index (χ2v) is 11.9. The van der Waals surface area contributed by atoms with E-state index in [4.69, 9.17) is 14.2 Å². The fraction of sp³-hybridized carbons (Fsp3) is 0.257. The van der Waals surface area contributed by atoms with Gasteiger partial charge in [0.2, 0.25) is 5.91 Å². The van der Waals surface area contributed by atoms with Gasteiger partial charge >= 0.3 is 5.97 Å². The molecule has 0 radical (unpaired) electrons. The second-order valence-electron chi connectivity index (χ2n) is 10.9. The highest BCUT2D eigenvalue weighted by Crippen LogP contribution is 2.38. The lowest BCUT2D eigenvalue weighted by Crippen LogP contribution is -2.53. The molecule has 0 aromatic heterocycles. The van der Waals surface area contributed by atoms with Gasteiger partial charge in [0.25, 0.3) is 11.8 Å². The van der Waals surface area contributed by atoms with Crippen molar-refractivity contribution < 1.29 is 33.4 Å². The van der Waals surface area contributed by atoms with Crippen LogP contribution >= 0.6 is 15.9 Å². The van der Waals surface area contributed by atoms with Crippen molar-refractivity contribution in [1.82, 2.24) is 16.0 Å². The van der Waals surface area contributed by atoms with Gasteiger partial charge in [-0.1, -0.05) is 46.3 Å². The molecular formula is C35H35BrN4O7. The Kier molecular flexibility index (Phi) is 10.4. The van der Waals surface area contributed by atoms with Gasteiger partial charge in [0.15, 0.2) is 5.75 Å². The van der Waals surface area contributed by atoms with Gasteiger partial charge in [-0.25, -0.2) is 4.79 Å². The zero-order valence-electron chi connectivity index (χ0n) is 26.4. The number of ether oxygens (including phenoxy) is 3. The molecule has 0 saturated carbocycles. The average Bonchev–Trinajstić information content (AvgIpc) is 3.22.